The Kier molecular flexibility index (Phi) is 4.20. The Balaban J connectivity index is 2.27. The zero-order chi connectivity index (χ0) is 16.4. The van der Waals surface area contributed by atoms with Crippen LogP contribution in [-0.2, 0) is 0 Å². The van der Waals surface area contributed by atoms with Gasteiger partial charge in [0.15, 0.2) is 11.6 Å². The minimum atomic E-state index is -0.414. The lowest BCUT2D eigenvalue weighted by Crippen LogP contribution is -2.11. The summed E-state index contributed by atoms with van der Waals surface area (Å²) in [4.78, 5) is 14.8. The SMILES string of the molecule is N#Cc1cc(-c2ccc(Cl)cc2)c(-c2ccc([ClH+])cc2)[nH]c1=O. The Bertz CT molecular complexity index is 952. The monoisotopic (exact) mass is 341 g/mol. The van der Waals surface area contributed by atoms with Crippen LogP contribution in [-0.4, -0.2) is 4.98 Å². The summed E-state index contributed by atoms with van der Waals surface area (Å²) in [5.74, 6) is 0. The highest BCUT2D eigenvalue weighted by molar-refractivity contribution is 6.30. The van der Waals surface area contributed by atoms with Gasteiger partial charge < -0.3 is 4.98 Å². The summed E-state index contributed by atoms with van der Waals surface area (Å²) in [6.07, 6.45) is 0. The molecule has 3 nitrogen and oxygen atoms in total. The number of halogens is 2. The lowest BCUT2D eigenvalue weighted by molar-refractivity contribution is -0.288. The van der Waals surface area contributed by atoms with Gasteiger partial charge in [-0.3, -0.25) is 4.79 Å². The Morgan fingerprint density at radius 2 is 1.61 bits per heavy atom. The van der Waals surface area contributed by atoms with Gasteiger partial charge in [0.25, 0.3) is 5.56 Å². The number of H-pyrrole nitrogens is 1. The van der Waals surface area contributed by atoms with Gasteiger partial charge in [-0.05, 0) is 41.5 Å². The summed E-state index contributed by atoms with van der Waals surface area (Å²) in [5, 5.41) is 10.5. The Morgan fingerprint density at radius 3 is 2.22 bits per heavy atom. The second kappa shape index (κ2) is 6.29. The van der Waals surface area contributed by atoms with Crippen molar-refractivity contribution in [2.45, 2.75) is 0 Å². The van der Waals surface area contributed by atoms with Crippen LogP contribution in [0.4, 0.5) is 0 Å². The van der Waals surface area contributed by atoms with Crippen LogP contribution in [0.5, 0.6) is 0 Å². The number of aromatic nitrogens is 1. The molecule has 3 aromatic rings. The van der Waals surface area contributed by atoms with Crippen molar-refractivity contribution in [1.82, 2.24) is 4.98 Å². The molecule has 0 radical (unpaired) electrons. The van der Waals surface area contributed by atoms with E-state index in [0.29, 0.717) is 10.7 Å². The maximum atomic E-state index is 12.0. The minimum Gasteiger partial charge on any atom is -0.320 e. The Hall–Kier alpha value is -2.54. The van der Waals surface area contributed by atoms with Gasteiger partial charge in [-0.1, -0.05) is 23.7 Å². The highest BCUT2D eigenvalue weighted by Gasteiger charge is 2.13. The van der Waals surface area contributed by atoms with E-state index in [9.17, 15) is 4.79 Å². The predicted molar refractivity (Wildman–Crippen MR) is 88.2 cm³/mol. The molecule has 0 atom stereocenters. The van der Waals surface area contributed by atoms with Crippen LogP contribution < -0.4 is 5.56 Å². The summed E-state index contributed by atoms with van der Waals surface area (Å²) in [5.41, 5.74) is 2.74. The molecule has 0 unspecified atom stereocenters. The third-order valence-electron chi connectivity index (χ3n) is 3.46. The van der Waals surface area contributed by atoms with E-state index in [4.69, 9.17) is 28.5 Å². The normalized spacial score (nSPS) is 10.3. The fourth-order valence-electron chi connectivity index (χ4n) is 2.32. The molecular weight excluding hydrogens is 331 g/mol. The molecular formula is C18H11Cl2N2O+. The molecule has 0 saturated heterocycles. The molecule has 0 aliphatic carbocycles. The van der Waals surface area contributed by atoms with E-state index in [1.807, 2.05) is 30.3 Å². The molecule has 0 amide bonds. The highest BCUT2D eigenvalue weighted by atomic mass is 35.5. The van der Waals surface area contributed by atoms with Gasteiger partial charge in [0, 0.05) is 22.7 Å². The van der Waals surface area contributed by atoms with Crippen molar-refractivity contribution in [3.05, 3.63) is 80.6 Å². The topological polar surface area (TPSA) is 56.6 Å². The molecule has 2 aromatic carbocycles. The van der Waals surface area contributed by atoms with Gasteiger partial charge in [0.2, 0.25) is 5.02 Å². The van der Waals surface area contributed by atoms with Gasteiger partial charge in [0.05, 0.1) is 5.69 Å². The molecule has 0 spiro atoms. The quantitative estimate of drug-likeness (QED) is 0.767. The molecule has 1 heterocycles. The van der Waals surface area contributed by atoms with Gasteiger partial charge in [-0.2, -0.15) is 5.26 Å². The van der Waals surface area contributed by atoms with Gasteiger partial charge in [-0.15, -0.1) is 0 Å². The fourth-order valence-corrected chi connectivity index (χ4v) is 2.58. The molecule has 1 N–H and O–H groups in total. The third-order valence-corrected chi connectivity index (χ3v) is 3.98. The fraction of sp³-hybridized carbons (Fsp3) is 0. The van der Waals surface area contributed by atoms with Crippen LogP contribution in [0.15, 0.2) is 59.4 Å². The van der Waals surface area contributed by atoms with Crippen LogP contribution in [0.1, 0.15) is 5.56 Å². The van der Waals surface area contributed by atoms with Gasteiger partial charge in [-0.25, -0.2) is 0 Å². The van der Waals surface area contributed by atoms with Crippen LogP contribution in [0, 0.1) is 22.9 Å². The van der Waals surface area contributed by atoms with E-state index in [1.54, 1.807) is 30.3 Å². The molecule has 0 saturated carbocycles. The first-order valence-corrected chi connectivity index (χ1v) is 7.58. The first-order valence-electron chi connectivity index (χ1n) is 6.79. The van der Waals surface area contributed by atoms with Crippen molar-refractivity contribution < 1.29 is 11.6 Å². The number of hydrogen-bond acceptors (Lipinski definition) is 2. The number of nitrogens with zero attached hydrogens (tertiary/aromatic N) is 1. The van der Waals surface area contributed by atoms with Gasteiger partial charge in [0.1, 0.15) is 11.6 Å². The summed E-state index contributed by atoms with van der Waals surface area (Å²) in [6, 6.07) is 18.0. The van der Waals surface area contributed by atoms with E-state index >= 15 is 0 Å². The van der Waals surface area contributed by atoms with Crippen molar-refractivity contribution in [2.24, 2.45) is 0 Å². The smallest absolute Gasteiger partial charge is 0.266 e. The molecule has 112 valence electrons. The minimum absolute atomic E-state index is 0.0681. The Morgan fingerprint density at radius 1 is 1.00 bits per heavy atom. The third kappa shape index (κ3) is 3.14. The van der Waals surface area contributed by atoms with E-state index in [-0.39, 0.29) is 5.56 Å². The largest absolute Gasteiger partial charge is 0.320 e. The number of aromatic amines is 1. The average molecular weight is 342 g/mol. The van der Waals surface area contributed by atoms with Crippen molar-refractivity contribution >= 4 is 11.6 Å². The standard InChI is InChI=1S/C18H10Cl2N2O/c19-14-5-1-11(2-6-14)16-9-13(10-21)18(23)22-17(16)12-3-7-15(20)8-4-12/h1-9,20H/p+1. The molecule has 0 aliphatic rings. The summed E-state index contributed by atoms with van der Waals surface area (Å²) < 4.78 is 0. The van der Waals surface area contributed by atoms with Gasteiger partial charge >= 0.3 is 0 Å². The van der Waals surface area contributed by atoms with E-state index in [1.165, 1.54) is 0 Å². The summed E-state index contributed by atoms with van der Waals surface area (Å²) >= 11 is 11.0. The maximum Gasteiger partial charge on any atom is 0.266 e. The molecule has 3 rings (SSSR count). The van der Waals surface area contributed by atoms with E-state index in [2.05, 4.69) is 4.98 Å². The molecule has 0 bridgehead atoms. The number of pyridine rings is 1. The lowest BCUT2D eigenvalue weighted by Gasteiger charge is -2.10. The number of benzene rings is 2. The van der Waals surface area contributed by atoms with E-state index in [0.717, 1.165) is 21.7 Å². The zero-order valence-corrected chi connectivity index (χ0v) is 13.4. The van der Waals surface area contributed by atoms with Crippen LogP contribution in [0.2, 0.25) is 10.0 Å². The maximum absolute atomic E-state index is 12.0. The van der Waals surface area contributed by atoms with Crippen molar-refractivity contribution in [3.8, 4) is 28.5 Å². The first-order chi connectivity index (χ1) is 11.1. The van der Waals surface area contributed by atoms with Crippen molar-refractivity contribution in [3.63, 3.8) is 0 Å². The Labute approximate surface area is 142 Å². The predicted octanol–water partition coefficient (Wildman–Crippen LogP) is 3.93. The summed E-state index contributed by atoms with van der Waals surface area (Å²) in [6.45, 7) is 0. The van der Waals surface area contributed by atoms with E-state index < -0.39 is 5.56 Å². The van der Waals surface area contributed by atoms with Crippen LogP contribution in [0.3, 0.4) is 0 Å². The molecule has 0 fully saturated rings. The molecule has 0 aliphatic heterocycles. The summed E-state index contributed by atoms with van der Waals surface area (Å²) in [7, 11) is 0. The number of nitrogens with one attached hydrogen (secondary N) is 1. The number of hydrogen-bond donors (Lipinski definition) is 1. The second-order valence-corrected chi connectivity index (χ2v) is 5.85. The number of rotatable bonds is 2. The molecule has 1 aromatic heterocycles. The van der Waals surface area contributed by atoms with Crippen molar-refractivity contribution in [1.29, 1.82) is 5.26 Å². The second-order valence-electron chi connectivity index (χ2n) is 4.94. The zero-order valence-electron chi connectivity index (χ0n) is 11.8. The average Bonchev–Trinajstić information content (AvgIpc) is 2.56. The van der Waals surface area contributed by atoms with Crippen LogP contribution in [0.25, 0.3) is 22.4 Å². The van der Waals surface area contributed by atoms with Crippen LogP contribution >= 0.6 is 11.6 Å². The first kappa shape index (κ1) is 15.4. The van der Waals surface area contributed by atoms with Crippen molar-refractivity contribution in [2.75, 3.05) is 0 Å². The highest BCUT2D eigenvalue weighted by Crippen LogP contribution is 2.31. The molecule has 5 heteroatoms. The lowest BCUT2D eigenvalue weighted by atomic mass is 9.98. The number of nitriles is 1. The molecule has 23 heavy (non-hydrogen) atoms.